The Morgan fingerprint density at radius 2 is 2.25 bits per heavy atom. The molecule has 0 amide bonds. The first-order valence-electron chi connectivity index (χ1n) is 6.66. The summed E-state index contributed by atoms with van der Waals surface area (Å²) < 4.78 is 13.5. The Kier molecular flexibility index (Phi) is 3.26. The quantitative estimate of drug-likeness (QED) is 0.915. The molecule has 1 N–H and O–H groups in total. The van der Waals surface area contributed by atoms with Crippen LogP contribution in [0.15, 0.2) is 30.5 Å². The fourth-order valence-corrected chi connectivity index (χ4v) is 2.68. The Labute approximate surface area is 115 Å². The Bertz CT molecular complexity index is 659. The molecule has 1 atom stereocenters. The fourth-order valence-electron chi connectivity index (χ4n) is 2.68. The normalized spacial score (nSPS) is 19.2. The van der Waals surface area contributed by atoms with Gasteiger partial charge < -0.3 is 10.0 Å². The summed E-state index contributed by atoms with van der Waals surface area (Å²) in [5.41, 5.74) is 1.73. The Morgan fingerprint density at radius 3 is 3.00 bits per heavy atom. The molecule has 0 saturated carbocycles. The average Bonchev–Trinajstić information content (AvgIpc) is 2.46. The average molecular weight is 274 g/mol. The molecule has 1 aliphatic rings. The molecule has 1 aliphatic heterocycles. The molecule has 0 bridgehead atoms. The zero-order valence-corrected chi connectivity index (χ0v) is 10.9. The number of halogens is 1. The monoisotopic (exact) mass is 274 g/mol. The van der Waals surface area contributed by atoms with Gasteiger partial charge in [0.1, 0.15) is 6.17 Å². The third-order valence-electron chi connectivity index (χ3n) is 3.68. The minimum Gasteiger partial charge on any atom is -0.478 e. The molecule has 1 aromatic heterocycles. The zero-order chi connectivity index (χ0) is 14.1. The predicted molar refractivity (Wildman–Crippen MR) is 75.0 cm³/mol. The molecule has 4 nitrogen and oxygen atoms in total. The second kappa shape index (κ2) is 5.07. The molecule has 0 radical (unpaired) electrons. The van der Waals surface area contributed by atoms with E-state index in [1.54, 1.807) is 12.1 Å². The van der Waals surface area contributed by atoms with Crippen molar-refractivity contribution in [1.82, 2.24) is 4.98 Å². The molecule has 2 heterocycles. The molecule has 2 aromatic rings. The van der Waals surface area contributed by atoms with Crippen LogP contribution < -0.4 is 4.90 Å². The number of benzene rings is 1. The lowest BCUT2D eigenvalue weighted by Gasteiger charge is -2.31. The number of carbonyl (C=O) groups is 1. The maximum atomic E-state index is 13.5. The van der Waals surface area contributed by atoms with Crippen LogP contribution in [0.1, 0.15) is 23.2 Å². The number of carboxylic acid groups (broad SMARTS) is 1. The summed E-state index contributed by atoms with van der Waals surface area (Å²) in [6.45, 7) is 1.17. The lowest BCUT2D eigenvalue weighted by molar-refractivity contribution is 0.0699. The number of anilines is 1. The molecule has 0 spiro atoms. The number of aromatic nitrogens is 1. The number of aromatic carboxylic acids is 1. The Hall–Kier alpha value is -2.17. The van der Waals surface area contributed by atoms with Crippen LogP contribution in [0, 0.1) is 0 Å². The minimum absolute atomic E-state index is 0.227. The number of hydrogen-bond donors (Lipinski definition) is 1. The zero-order valence-electron chi connectivity index (χ0n) is 10.9. The third kappa shape index (κ3) is 2.31. The molecular weight excluding hydrogens is 259 g/mol. The van der Waals surface area contributed by atoms with Gasteiger partial charge in [0.05, 0.1) is 11.1 Å². The number of pyridine rings is 1. The number of rotatable bonds is 2. The molecule has 5 heteroatoms. The van der Waals surface area contributed by atoms with Crippen LogP contribution in [-0.4, -0.2) is 35.3 Å². The molecule has 3 rings (SSSR count). The van der Waals surface area contributed by atoms with Gasteiger partial charge in [-0.3, -0.25) is 4.98 Å². The highest BCUT2D eigenvalue weighted by molar-refractivity contribution is 6.03. The summed E-state index contributed by atoms with van der Waals surface area (Å²) in [5, 5.41) is 9.82. The highest BCUT2D eigenvalue weighted by Gasteiger charge is 2.20. The SMILES string of the molecule is O=C(O)c1ccnc2ccc(N3CCC[C@H](F)C3)cc12. The third-order valence-corrected chi connectivity index (χ3v) is 3.68. The summed E-state index contributed by atoms with van der Waals surface area (Å²) in [5.74, 6) is -0.975. The van der Waals surface area contributed by atoms with Gasteiger partial charge in [-0.1, -0.05) is 0 Å². The van der Waals surface area contributed by atoms with Gasteiger partial charge in [-0.25, -0.2) is 9.18 Å². The standard InChI is InChI=1S/C15H15FN2O2/c16-10-2-1-7-18(9-10)11-3-4-14-13(8-11)12(15(19)20)5-6-17-14/h3-6,8,10H,1-2,7,9H2,(H,19,20)/t10-/m0/s1. The van der Waals surface area contributed by atoms with Crippen LogP contribution in [-0.2, 0) is 0 Å². The van der Waals surface area contributed by atoms with Crippen LogP contribution in [0.2, 0.25) is 0 Å². The van der Waals surface area contributed by atoms with Crippen molar-refractivity contribution < 1.29 is 14.3 Å². The highest BCUT2D eigenvalue weighted by Crippen LogP contribution is 2.26. The predicted octanol–water partition coefficient (Wildman–Crippen LogP) is 2.87. The van der Waals surface area contributed by atoms with Crippen molar-refractivity contribution in [1.29, 1.82) is 0 Å². The van der Waals surface area contributed by atoms with Crippen molar-refractivity contribution in [2.45, 2.75) is 19.0 Å². The van der Waals surface area contributed by atoms with Crippen molar-refractivity contribution in [3.63, 3.8) is 0 Å². The maximum absolute atomic E-state index is 13.5. The highest BCUT2D eigenvalue weighted by atomic mass is 19.1. The second-order valence-electron chi connectivity index (χ2n) is 5.05. The summed E-state index contributed by atoms with van der Waals surface area (Å²) in [6.07, 6.45) is 2.10. The smallest absolute Gasteiger partial charge is 0.336 e. The maximum Gasteiger partial charge on any atom is 0.336 e. The number of hydrogen-bond acceptors (Lipinski definition) is 3. The van der Waals surface area contributed by atoms with Gasteiger partial charge in [0.15, 0.2) is 0 Å². The molecule has 0 unspecified atom stereocenters. The lowest BCUT2D eigenvalue weighted by Crippen LogP contribution is -2.36. The Balaban J connectivity index is 2.05. The summed E-state index contributed by atoms with van der Waals surface area (Å²) >= 11 is 0. The van der Waals surface area contributed by atoms with E-state index in [0.29, 0.717) is 23.9 Å². The summed E-state index contributed by atoms with van der Waals surface area (Å²) in [7, 11) is 0. The van der Waals surface area contributed by atoms with E-state index < -0.39 is 12.1 Å². The lowest BCUT2D eigenvalue weighted by atomic mass is 10.1. The molecular formula is C15H15FN2O2. The summed E-state index contributed by atoms with van der Waals surface area (Å²) in [4.78, 5) is 17.4. The van der Waals surface area contributed by atoms with Gasteiger partial charge in [-0.2, -0.15) is 0 Å². The van der Waals surface area contributed by atoms with Gasteiger partial charge >= 0.3 is 5.97 Å². The van der Waals surface area contributed by atoms with Crippen molar-refractivity contribution in [2.24, 2.45) is 0 Å². The van der Waals surface area contributed by atoms with Crippen molar-refractivity contribution in [2.75, 3.05) is 18.0 Å². The van der Waals surface area contributed by atoms with Gasteiger partial charge in [-0.05, 0) is 37.1 Å². The number of alkyl halides is 1. The molecule has 1 aromatic carbocycles. The van der Waals surface area contributed by atoms with Gasteiger partial charge in [0.2, 0.25) is 0 Å². The van der Waals surface area contributed by atoms with Crippen LogP contribution in [0.5, 0.6) is 0 Å². The minimum atomic E-state index is -0.975. The first kappa shape index (κ1) is 12.8. The first-order chi connectivity index (χ1) is 9.65. The van der Waals surface area contributed by atoms with Crippen LogP contribution in [0.25, 0.3) is 10.9 Å². The molecule has 1 saturated heterocycles. The molecule has 0 aliphatic carbocycles. The van der Waals surface area contributed by atoms with Gasteiger partial charge in [0.25, 0.3) is 0 Å². The van der Waals surface area contributed by atoms with Crippen LogP contribution in [0.3, 0.4) is 0 Å². The fraction of sp³-hybridized carbons (Fsp3) is 0.333. The summed E-state index contributed by atoms with van der Waals surface area (Å²) in [6, 6.07) is 6.95. The van der Waals surface area contributed by atoms with E-state index in [0.717, 1.165) is 18.7 Å². The molecule has 1 fully saturated rings. The molecule has 104 valence electrons. The topological polar surface area (TPSA) is 53.4 Å². The number of piperidine rings is 1. The van der Waals surface area contributed by atoms with Crippen LogP contribution >= 0.6 is 0 Å². The number of carboxylic acids is 1. The number of nitrogens with zero attached hydrogens (tertiary/aromatic N) is 2. The van der Waals surface area contributed by atoms with Crippen LogP contribution in [0.4, 0.5) is 10.1 Å². The Morgan fingerprint density at radius 1 is 1.40 bits per heavy atom. The van der Waals surface area contributed by atoms with Crippen molar-refractivity contribution in [3.8, 4) is 0 Å². The van der Waals surface area contributed by atoms with Gasteiger partial charge in [0, 0.05) is 30.4 Å². The van der Waals surface area contributed by atoms with E-state index in [-0.39, 0.29) is 5.56 Å². The van der Waals surface area contributed by atoms with E-state index in [4.69, 9.17) is 0 Å². The van der Waals surface area contributed by atoms with Gasteiger partial charge in [-0.15, -0.1) is 0 Å². The van der Waals surface area contributed by atoms with Crippen molar-refractivity contribution >= 4 is 22.6 Å². The van der Waals surface area contributed by atoms with E-state index in [1.165, 1.54) is 12.3 Å². The first-order valence-corrected chi connectivity index (χ1v) is 6.66. The van der Waals surface area contributed by atoms with E-state index >= 15 is 0 Å². The largest absolute Gasteiger partial charge is 0.478 e. The van der Waals surface area contributed by atoms with E-state index in [1.807, 2.05) is 11.0 Å². The second-order valence-corrected chi connectivity index (χ2v) is 5.05. The van der Waals surface area contributed by atoms with E-state index in [9.17, 15) is 14.3 Å². The number of fused-ring (bicyclic) bond motifs is 1. The molecule has 20 heavy (non-hydrogen) atoms. The van der Waals surface area contributed by atoms with E-state index in [2.05, 4.69) is 4.98 Å². The van der Waals surface area contributed by atoms with Crippen molar-refractivity contribution in [3.05, 3.63) is 36.0 Å².